The highest BCUT2D eigenvalue weighted by atomic mass is 16.5. The summed E-state index contributed by atoms with van der Waals surface area (Å²) in [6, 6.07) is 21.1. The molecule has 0 spiro atoms. The average molecular weight is 535 g/mol. The molecule has 4 aromatic rings. The SMILES string of the molecule is COc1cccc([C@H]2c3[nH]c4ccccc4c3C[C@H]3C(=O)N(c4ccc(C(=O)NC5CCCC5)cc4)C(=O)N23)c1. The molecule has 2 aliphatic heterocycles. The zero-order valence-electron chi connectivity index (χ0n) is 22.2. The molecule has 40 heavy (non-hydrogen) atoms. The molecule has 1 aliphatic carbocycles. The van der Waals surface area contributed by atoms with E-state index in [1.165, 1.54) is 4.90 Å². The van der Waals surface area contributed by atoms with Crippen molar-refractivity contribution in [3.8, 4) is 5.75 Å². The van der Waals surface area contributed by atoms with E-state index in [-0.39, 0.29) is 23.9 Å². The highest BCUT2D eigenvalue weighted by Gasteiger charge is 2.53. The van der Waals surface area contributed by atoms with Gasteiger partial charge in [-0.05, 0) is 66.4 Å². The van der Waals surface area contributed by atoms with Crippen LogP contribution in [0.25, 0.3) is 10.9 Å². The lowest BCUT2D eigenvalue weighted by Gasteiger charge is -2.36. The number of aromatic nitrogens is 1. The van der Waals surface area contributed by atoms with Crippen molar-refractivity contribution in [1.82, 2.24) is 15.2 Å². The number of anilines is 1. The van der Waals surface area contributed by atoms with E-state index in [2.05, 4.69) is 16.4 Å². The van der Waals surface area contributed by atoms with Gasteiger partial charge in [-0.1, -0.05) is 43.2 Å². The number of benzene rings is 3. The Morgan fingerprint density at radius 3 is 2.52 bits per heavy atom. The van der Waals surface area contributed by atoms with Crippen LogP contribution < -0.4 is 15.0 Å². The first-order valence-electron chi connectivity index (χ1n) is 13.8. The summed E-state index contributed by atoms with van der Waals surface area (Å²) in [5, 5.41) is 4.15. The van der Waals surface area contributed by atoms with Gasteiger partial charge in [-0.15, -0.1) is 0 Å². The number of carbonyl (C=O) groups excluding carboxylic acids is 3. The van der Waals surface area contributed by atoms with Crippen molar-refractivity contribution in [2.45, 2.75) is 50.2 Å². The minimum atomic E-state index is -0.652. The lowest BCUT2D eigenvalue weighted by atomic mass is 9.89. The van der Waals surface area contributed by atoms with Gasteiger partial charge < -0.3 is 15.0 Å². The van der Waals surface area contributed by atoms with Crippen molar-refractivity contribution in [1.29, 1.82) is 0 Å². The molecule has 202 valence electrons. The molecule has 0 unspecified atom stereocenters. The number of H-pyrrole nitrogens is 1. The zero-order chi connectivity index (χ0) is 27.4. The van der Waals surface area contributed by atoms with Gasteiger partial charge in [0, 0.05) is 34.6 Å². The van der Waals surface area contributed by atoms with E-state index in [9.17, 15) is 14.4 Å². The standard InChI is InChI=1S/C32H30N4O4/c1-40-23-10-6-7-20(17-23)29-28-25(24-11-4-5-12-26(24)34-28)18-27-31(38)35(32(39)36(27)29)22-15-13-19(14-16-22)30(37)33-21-8-2-3-9-21/h4-7,10-17,21,27,29,34H,2-3,8-9,18H2,1H3,(H,33,37)/t27-,29-/m0/s1. The fourth-order valence-electron chi connectivity index (χ4n) is 6.57. The van der Waals surface area contributed by atoms with Crippen LogP contribution in [0.2, 0.25) is 0 Å². The summed E-state index contributed by atoms with van der Waals surface area (Å²) < 4.78 is 5.49. The Bertz CT molecular complexity index is 1640. The summed E-state index contributed by atoms with van der Waals surface area (Å²) in [5.41, 5.74) is 4.77. The van der Waals surface area contributed by atoms with Crippen LogP contribution in [0.4, 0.5) is 10.5 Å². The quantitative estimate of drug-likeness (QED) is 0.338. The molecule has 0 bridgehead atoms. The van der Waals surface area contributed by atoms with Crippen LogP contribution >= 0.6 is 0 Å². The maximum atomic E-state index is 14.1. The molecule has 3 aliphatic rings. The molecule has 8 heteroatoms. The molecule has 2 fully saturated rings. The molecule has 8 nitrogen and oxygen atoms in total. The first-order valence-corrected chi connectivity index (χ1v) is 13.8. The van der Waals surface area contributed by atoms with E-state index in [0.717, 1.165) is 53.4 Å². The monoisotopic (exact) mass is 534 g/mol. The van der Waals surface area contributed by atoms with Crippen LogP contribution in [0, 0.1) is 0 Å². The molecule has 1 saturated carbocycles. The highest BCUT2D eigenvalue weighted by molar-refractivity contribution is 6.22. The molecule has 3 aromatic carbocycles. The largest absolute Gasteiger partial charge is 0.497 e. The van der Waals surface area contributed by atoms with Crippen LogP contribution in [-0.2, 0) is 11.2 Å². The van der Waals surface area contributed by atoms with E-state index in [4.69, 9.17) is 4.74 Å². The van der Waals surface area contributed by atoms with Crippen LogP contribution in [0.1, 0.15) is 58.9 Å². The topological polar surface area (TPSA) is 94.7 Å². The Morgan fingerprint density at radius 2 is 1.75 bits per heavy atom. The maximum Gasteiger partial charge on any atom is 0.332 e. The third kappa shape index (κ3) is 3.86. The van der Waals surface area contributed by atoms with E-state index in [1.54, 1.807) is 36.3 Å². The van der Waals surface area contributed by atoms with E-state index >= 15 is 0 Å². The van der Waals surface area contributed by atoms with Gasteiger partial charge in [0.1, 0.15) is 17.8 Å². The van der Waals surface area contributed by atoms with Gasteiger partial charge in [0.05, 0.1) is 12.8 Å². The van der Waals surface area contributed by atoms with Crippen molar-refractivity contribution in [2.75, 3.05) is 12.0 Å². The molecule has 3 heterocycles. The number of nitrogens with one attached hydrogen (secondary N) is 2. The van der Waals surface area contributed by atoms with Gasteiger partial charge in [-0.3, -0.25) is 14.5 Å². The molecular formula is C32H30N4O4. The van der Waals surface area contributed by atoms with Gasteiger partial charge >= 0.3 is 6.03 Å². The average Bonchev–Trinajstić information content (AvgIpc) is 3.69. The lowest BCUT2D eigenvalue weighted by Crippen LogP contribution is -2.44. The Kier molecular flexibility index (Phi) is 5.84. The van der Waals surface area contributed by atoms with Crippen molar-refractivity contribution in [3.63, 3.8) is 0 Å². The molecule has 2 atom stereocenters. The first kappa shape index (κ1) is 24.5. The zero-order valence-corrected chi connectivity index (χ0v) is 22.2. The number of ether oxygens (including phenoxy) is 1. The summed E-state index contributed by atoms with van der Waals surface area (Å²) in [4.78, 5) is 47.2. The van der Waals surface area contributed by atoms with Crippen molar-refractivity contribution < 1.29 is 19.1 Å². The number of aromatic amines is 1. The van der Waals surface area contributed by atoms with Crippen molar-refractivity contribution in [2.24, 2.45) is 0 Å². The Hall–Kier alpha value is -4.59. The predicted octanol–water partition coefficient (Wildman–Crippen LogP) is 5.33. The number of hydrogen-bond donors (Lipinski definition) is 2. The van der Waals surface area contributed by atoms with Gasteiger partial charge in [0.2, 0.25) is 0 Å². The summed E-state index contributed by atoms with van der Waals surface area (Å²) in [5.74, 6) is 0.286. The number of methoxy groups -OCH3 is 1. The smallest absolute Gasteiger partial charge is 0.332 e. The van der Waals surface area contributed by atoms with Crippen LogP contribution in [0.15, 0.2) is 72.8 Å². The number of nitrogens with zero attached hydrogens (tertiary/aromatic N) is 2. The van der Waals surface area contributed by atoms with Gasteiger partial charge in [0.25, 0.3) is 11.8 Å². The maximum absolute atomic E-state index is 14.1. The minimum Gasteiger partial charge on any atom is -0.497 e. The number of urea groups is 1. The summed E-state index contributed by atoms with van der Waals surface area (Å²) in [6.07, 6.45) is 4.70. The molecule has 0 radical (unpaired) electrons. The highest BCUT2D eigenvalue weighted by Crippen LogP contribution is 2.45. The molecule has 1 aromatic heterocycles. The number of para-hydroxylation sites is 1. The second-order valence-electron chi connectivity index (χ2n) is 10.8. The molecule has 7 rings (SSSR count). The first-order chi connectivity index (χ1) is 19.5. The summed E-state index contributed by atoms with van der Waals surface area (Å²) >= 11 is 0. The molecule has 2 N–H and O–H groups in total. The summed E-state index contributed by atoms with van der Waals surface area (Å²) in [7, 11) is 1.61. The molecule has 4 amide bonds. The lowest BCUT2D eigenvalue weighted by molar-refractivity contribution is -0.120. The van der Waals surface area contributed by atoms with Crippen molar-refractivity contribution >= 4 is 34.4 Å². The van der Waals surface area contributed by atoms with E-state index < -0.39 is 12.1 Å². The van der Waals surface area contributed by atoms with Crippen LogP contribution in [0.3, 0.4) is 0 Å². The second-order valence-corrected chi connectivity index (χ2v) is 10.8. The number of hydrogen-bond acceptors (Lipinski definition) is 4. The van der Waals surface area contributed by atoms with E-state index in [1.807, 2.05) is 42.5 Å². The van der Waals surface area contributed by atoms with Gasteiger partial charge in [-0.25, -0.2) is 9.69 Å². The Labute approximate surface area is 231 Å². The third-order valence-corrected chi connectivity index (χ3v) is 8.54. The van der Waals surface area contributed by atoms with Crippen molar-refractivity contribution in [3.05, 3.63) is 95.2 Å². The van der Waals surface area contributed by atoms with Crippen LogP contribution in [0.5, 0.6) is 5.75 Å². The molecular weight excluding hydrogens is 504 g/mol. The normalized spacial score (nSPS) is 20.6. The Morgan fingerprint density at radius 1 is 0.975 bits per heavy atom. The van der Waals surface area contributed by atoms with E-state index in [0.29, 0.717) is 23.4 Å². The second kappa shape index (κ2) is 9.55. The number of imide groups is 1. The fraction of sp³-hybridized carbons (Fsp3) is 0.281. The summed E-state index contributed by atoms with van der Waals surface area (Å²) in [6.45, 7) is 0. The Balaban J connectivity index is 1.25. The van der Waals surface area contributed by atoms with Gasteiger partial charge in [-0.2, -0.15) is 0 Å². The third-order valence-electron chi connectivity index (χ3n) is 8.54. The fourth-order valence-corrected chi connectivity index (χ4v) is 6.57. The number of carbonyl (C=O) groups is 3. The molecule has 1 saturated heterocycles. The number of fused-ring (bicyclic) bond motifs is 4. The number of rotatable bonds is 5. The van der Waals surface area contributed by atoms with Crippen LogP contribution in [-0.4, -0.2) is 46.9 Å². The predicted molar refractivity (Wildman–Crippen MR) is 152 cm³/mol. The number of amides is 4. The minimum absolute atomic E-state index is 0.126. The van der Waals surface area contributed by atoms with Gasteiger partial charge in [0.15, 0.2) is 0 Å².